The van der Waals surface area contributed by atoms with Gasteiger partial charge in [0.2, 0.25) is 5.91 Å². The number of amides is 2. The number of likely N-dealkylation sites (N-methyl/N-ethyl adjacent to an activating group) is 1. The Morgan fingerprint density at radius 1 is 1.23 bits per heavy atom. The number of halogens is 5. The highest BCUT2D eigenvalue weighted by Gasteiger charge is 2.34. The third-order valence-corrected chi connectivity index (χ3v) is 7.25. The number of carbonyl (C=O) groups is 2. The number of anilines is 1. The average molecular weight is 590 g/mol. The van der Waals surface area contributed by atoms with E-state index in [-0.39, 0.29) is 35.6 Å². The summed E-state index contributed by atoms with van der Waals surface area (Å²) >= 11 is 12.2. The van der Waals surface area contributed by atoms with Gasteiger partial charge in [0.15, 0.2) is 0 Å². The molecule has 2 amide bonds. The van der Waals surface area contributed by atoms with Crippen molar-refractivity contribution in [1.29, 1.82) is 0 Å². The van der Waals surface area contributed by atoms with E-state index in [1.165, 1.54) is 18.2 Å². The second kappa shape index (κ2) is 13.2. The minimum Gasteiger partial charge on any atom is -0.488 e. The highest BCUT2D eigenvalue weighted by molar-refractivity contribution is 6.42. The fourth-order valence-corrected chi connectivity index (χ4v) is 4.64. The minimum atomic E-state index is -4.45. The lowest BCUT2D eigenvalue weighted by atomic mass is 9.99. The molecule has 0 fully saturated rings. The van der Waals surface area contributed by atoms with Crippen LogP contribution in [0.5, 0.6) is 5.75 Å². The number of alkyl halides is 3. The summed E-state index contributed by atoms with van der Waals surface area (Å²) in [5, 5.41) is 13.2. The van der Waals surface area contributed by atoms with E-state index in [1.54, 1.807) is 24.0 Å². The minimum absolute atomic E-state index is 0.117. The maximum Gasteiger partial charge on any atom is 0.389 e. The molecule has 12 heteroatoms. The molecule has 0 saturated carbocycles. The third kappa shape index (κ3) is 8.73. The van der Waals surface area contributed by atoms with Gasteiger partial charge < -0.3 is 20.1 Å². The second-order valence-corrected chi connectivity index (χ2v) is 10.8. The van der Waals surface area contributed by atoms with Gasteiger partial charge in [-0.25, -0.2) is 0 Å². The molecule has 0 radical (unpaired) electrons. The van der Waals surface area contributed by atoms with Crippen LogP contribution in [0.15, 0.2) is 36.4 Å². The molecular weight excluding hydrogens is 558 g/mol. The van der Waals surface area contributed by atoms with Crippen molar-refractivity contribution in [2.24, 2.45) is 5.92 Å². The van der Waals surface area contributed by atoms with E-state index >= 15 is 0 Å². The first-order valence-corrected chi connectivity index (χ1v) is 13.2. The highest BCUT2D eigenvalue weighted by atomic mass is 35.5. The normalized spacial score (nSPS) is 18.7. The van der Waals surface area contributed by atoms with Crippen LogP contribution in [0.25, 0.3) is 0 Å². The van der Waals surface area contributed by atoms with Gasteiger partial charge in [0, 0.05) is 37.7 Å². The van der Waals surface area contributed by atoms with Gasteiger partial charge in [-0.1, -0.05) is 36.2 Å². The van der Waals surface area contributed by atoms with Crippen LogP contribution in [-0.2, 0) is 11.3 Å². The van der Waals surface area contributed by atoms with Gasteiger partial charge in [0.25, 0.3) is 5.91 Å². The van der Waals surface area contributed by atoms with Crippen molar-refractivity contribution in [3.05, 3.63) is 57.6 Å². The van der Waals surface area contributed by atoms with E-state index in [0.717, 1.165) is 5.56 Å². The maximum absolute atomic E-state index is 13.5. The molecule has 0 aliphatic carbocycles. The molecule has 0 saturated heterocycles. The number of aliphatic hydroxyl groups is 1. The molecule has 0 bridgehead atoms. The molecule has 1 aliphatic heterocycles. The van der Waals surface area contributed by atoms with Crippen molar-refractivity contribution in [3.63, 3.8) is 0 Å². The van der Waals surface area contributed by atoms with Crippen LogP contribution >= 0.6 is 23.2 Å². The van der Waals surface area contributed by atoms with E-state index in [4.69, 9.17) is 27.9 Å². The van der Waals surface area contributed by atoms with Crippen LogP contribution in [0.3, 0.4) is 0 Å². The van der Waals surface area contributed by atoms with E-state index in [2.05, 4.69) is 10.2 Å². The third-order valence-electron chi connectivity index (χ3n) is 6.51. The Balaban J connectivity index is 1.84. The Bertz CT molecular complexity index is 1180. The number of nitrogens with one attached hydrogen (secondary N) is 1. The lowest BCUT2D eigenvalue weighted by molar-refractivity contribution is -0.142. The Morgan fingerprint density at radius 2 is 1.95 bits per heavy atom. The molecule has 0 unspecified atom stereocenters. The summed E-state index contributed by atoms with van der Waals surface area (Å²) in [6.07, 6.45) is -6.79. The summed E-state index contributed by atoms with van der Waals surface area (Å²) in [6, 6.07) is 9.33. The number of fused-ring (bicyclic) bond motifs is 1. The largest absolute Gasteiger partial charge is 0.488 e. The van der Waals surface area contributed by atoms with Crippen molar-refractivity contribution in [2.75, 3.05) is 32.1 Å². The predicted molar refractivity (Wildman–Crippen MR) is 144 cm³/mol. The van der Waals surface area contributed by atoms with Crippen LogP contribution < -0.4 is 10.1 Å². The number of hydrogen-bond acceptors (Lipinski definition) is 5. The summed E-state index contributed by atoms with van der Waals surface area (Å²) < 4.78 is 43.8. The lowest BCUT2D eigenvalue weighted by Crippen LogP contribution is -2.49. The Morgan fingerprint density at radius 3 is 2.59 bits per heavy atom. The van der Waals surface area contributed by atoms with Crippen molar-refractivity contribution < 1.29 is 32.6 Å². The quantitative estimate of drug-likeness (QED) is 0.396. The molecule has 3 atom stereocenters. The topological polar surface area (TPSA) is 82.1 Å². The Hall–Kier alpha value is -2.53. The van der Waals surface area contributed by atoms with Crippen molar-refractivity contribution in [3.8, 4) is 5.75 Å². The fourth-order valence-electron chi connectivity index (χ4n) is 4.32. The van der Waals surface area contributed by atoms with Crippen LogP contribution in [0, 0.1) is 5.92 Å². The first kappa shape index (κ1) is 31.0. The van der Waals surface area contributed by atoms with Crippen LogP contribution in [0.4, 0.5) is 18.9 Å². The van der Waals surface area contributed by atoms with Crippen LogP contribution in [0.1, 0.15) is 42.6 Å². The molecular formula is C27H32Cl2F3N3O4. The van der Waals surface area contributed by atoms with Crippen LogP contribution in [0.2, 0.25) is 10.0 Å². The number of hydrogen-bond donors (Lipinski definition) is 2. The standard InChI is InChI=1S/C27H32Cl2F3N3O4/c1-16-12-35(17(2)15-36)26(38)20-11-19(33-25(37)8-9-27(30,31)32)5-7-23(20)39-24(16)14-34(3)13-18-4-6-21(28)22(29)10-18/h4-7,10-11,16-17,24,36H,8-9,12-15H2,1-3H3,(H,33,37)/t16-,17+,24-/m0/s1. The maximum atomic E-state index is 13.5. The van der Waals surface area contributed by atoms with Crippen molar-refractivity contribution in [1.82, 2.24) is 9.80 Å². The molecule has 2 aromatic rings. The average Bonchev–Trinajstić information content (AvgIpc) is 2.86. The molecule has 1 heterocycles. The number of nitrogens with zero attached hydrogens (tertiary/aromatic N) is 2. The van der Waals surface area contributed by atoms with Gasteiger partial charge in [-0.05, 0) is 49.9 Å². The van der Waals surface area contributed by atoms with Crippen molar-refractivity contribution in [2.45, 2.75) is 51.6 Å². The molecule has 7 nitrogen and oxygen atoms in total. The summed E-state index contributed by atoms with van der Waals surface area (Å²) in [5.74, 6) is -1.06. The molecule has 1 aliphatic rings. The van der Waals surface area contributed by atoms with Gasteiger partial charge in [-0.15, -0.1) is 0 Å². The Labute approximate surface area is 235 Å². The number of benzene rings is 2. The zero-order valence-electron chi connectivity index (χ0n) is 21.9. The zero-order chi connectivity index (χ0) is 28.9. The smallest absolute Gasteiger partial charge is 0.389 e. The highest BCUT2D eigenvalue weighted by Crippen LogP contribution is 2.31. The zero-order valence-corrected chi connectivity index (χ0v) is 23.4. The summed E-state index contributed by atoms with van der Waals surface area (Å²) in [5.41, 5.74) is 1.28. The predicted octanol–water partition coefficient (Wildman–Crippen LogP) is 5.63. The molecule has 0 spiro atoms. The first-order chi connectivity index (χ1) is 18.3. The van der Waals surface area contributed by atoms with Gasteiger partial charge in [-0.2, -0.15) is 13.2 Å². The monoisotopic (exact) mass is 589 g/mol. The lowest BCUT2D eigenvalue weighted by Gasteiger charge is -2.38. The Kier molecular flexibility index (Phi) is 10.5. The van der Waals surface area contributed by atoms with E-state index in [1.807, 2.05) is 20.0 Å². The summed E-state index contributed by atoms with van der Waals surface area (Å²) in [4.78, 5) is 29.2. The van der Waals surface area contributed by atoms with Crippen LogP contribution in [-0.4, -0.2) is 71.8 Å². The molecule has 214 valence electrons. The molecule has 2 aromatic carbocycles. The van der Waals surface area contributed by atoms with Gasteiger partial charge in [-0.3, -0.25) is 14.5 Å². The molecule has 39 heavy (non-hydrogen) atoms. The summed E-state index contributed by atoms with van der Waals surface area (Å²) in [6.45, 7) is 4.78. The van der Waals surface area contributed by atoms with E-state index < -0.39 is 36.9 Å². The fraction of sp³-hybridized carbons (Fsp3) is 0.481. The second-order valence-electron chi connectivity index (χ2n) is 9.94. The van der Waals surface area contributed by atoms with Gasteiger partial charge >= 0.3 is 6.18 Å². The molecule has 3 rings (SSSR count). The first-order valence-electron chi connectivity index (χ1n) is 12.5. The number of carbonyl (C=O) groups excluding carboxylic acids is 2. The van der Waals surface area contributed by atoms with Gasteiger partial charge in [0.05, 0.1) is 34.7 Å². The molecule has 2 N–H and O–H groups in total. The van der Waals surface area contributed by atoms with Gasteiger partial charge in [0.1, 0.15) is 11.9 Å². The number of rotatable bonds is 9. The van der Waals surface area contributed by atoms with Crippen molar-refractivity contribution >= 4 is 40.7 Å². The SMILES string of the molecule is C[C@H](CO)N1C[C@H](C)[C@H](CN(C)Cc2ccc(Cl)c(Cl)c2)Oc2ccc(NC(=O)CCC(F)(F)F)cc2C1=O. The summed E-state index contributed by atoms with van der Waals surface area (Å²) in [7, 11) is 1.93. The van der Waals surface area contributed by atoms with E-state index in [9.17, 15) is 27.9 Å². The molecule has 0 aromatic heterocycles. The van der Waals surface area contributed by atoms with E-state index in [0.29, 0.717) is 29.7 Å². The number of ether oxygens (including phenoxy) is 1. The number of aliphatic hydroxyl groups excluding tert-OH is 1.